The predicted molar refractivity (Wildman–Crippen MR) is 104 cm³/mol. The number of benzene rings is 1. The van der Waals surface area contributed by atoms with Crippen molar-refractivity contribution in [2.75, 3.05) is 12.3 Å². The van der Waals surface area contributed by atoms with E-state index in [2.05, 4.69) is 14.9 Å². The summed E-state index contributed by atoms with van der Waals surface area (Å²) in [4.78, 5) is 28.3. The molecule has 134 valence electrons. The molecule has 7 heteroatoms. The van der Waals surface area contributed by atoms with E-state index in [1.54, 1.807) is 11.3 Å². The number of aromatic nitrogens is 3. The average Bonchev–Trinajstić information content (AvgIpc) is 2.93. The van der Waals surface area contributed by atoms with Crippen LogP contribution < -0.4 is 11.3 Å². The van der Waals surface area contributed by atoms with Gasteiger partial charge in [0.05, 0.1) is 22.0 Å². The van der Waals surface area contributed by atoms with Crippen molar-refractivity contribution in [3.8, 4) is 11.4 Å². The van der Waals surface area contributed by atoms with Crippen molar-refractivity contribution in [3.63, 3.8) is 0 Å². The van der Waals surface area contributed by atoms with Gasteiger partial charge in [0.1, 0.15) is 5.82 Å². The molecule has 0 aliphatic carbocycles. The fraction of sp³-hybridized carbons (Fsp3) is 0.316. The third kappa shape index (κ3) is 3.27. The highest BCUT2D eigenvalue weighted by molar-refractivity contribution is 7.11. The number of anilines is 1. The highest BCUT2D eigenvalue weighted by atomic mass is 32.1. The molecule has 0 saturated heterocycles. The largest absolute Gasteiger partial charge is 0.399 e. The molecule has 1 aliphatic heterocycles. The number of nitrogen functional groups attached to an aromatic ring is 1. The summed E-state index contributed by atoms with van der Waals surface area (Å²) >= 11 is 1.73. The van der Waals surface area contributed by atoms with Gasteiger partial charge in [0.25, 0.3) is 5.56 Å². The second-order valence-electron chi connectivity index (χ2n) is 6.66. The van der Waals surface area contributed by atoms with Crippen molar-refractivity contribution in [3.05, 3.63) is 61.5 Å². The fourth-order valence-electron chi connectivity index (χ4n) is 3.32. The van der Waals surface area contributed by atoms with Crippen LogP contribution in [0.25, 0.3) is 11.4 Å². The molecule has 0 radical (unpaired) electrons. The first-order valence-electron chi connectivity index (χ1n) is 8.63. The van der Waals surface area contributed by atoms with Crippen LogP contribution in [0.4, 0.5) is 5.69 Å². The highest BCUT2D eigenvalue weighted by Gasteiger charge is 2.22. The topological polar surface area (TPSA) is 87.9 Å². The summed E-state index contributed by atoms with van der Waals surface area (Å²) in [5, 5.41) is 1.09. The molecular weight excluding hydrogens is 346 g/mol. The Hall–Kier alpha value is -2.51. The third-order valence-electron chi connectivity index (χ3n) is 4.70. The Labute approximate surface area is 155 Å². The molecule has 0 unspecified atom stereocenters. The standard InChI is InChI=1S/C19H21N5OS/c1-11-17(26-12(2)21-11)10-24-8-7-16-15(9-24)19(25)23-18(22-16)13-3-5-14(20)6-4-13/h3-6H,7-10,20H2,1-2H3,(H,22,23,25). The zero-order valence-corrected chi connectivity index (χ0v) is 15.7. The third-order valence-corrected chi connectivity index (χ3v) is 5.76. The van der Waals surface area contributed by atoms with Gasteiger partial charge in [-0.2, -0.15) is 0 Å². The Morgan fingerprint density at radius 2 is 2.00 bits per heavy atom. The molecule has 0 atom stereocenters. The van der Waals surface area contributed by atoms with Gasteiger partial charge < -0.3 is 10.7 Å². The monoisotopic (exact) mass is 367 g/mol. The van der Waals surface area contributed by atoms with Gasteiger partial charge in [-0.15, -0.1) is 11.3 Å². The van der Waals surface area contributed by atoms with E-state index >= 15 is 0 Å². The van der Waals surface area contributed by atoms with E-state index in [0.29, 0.717) is 18.1 Å². The Morgan fingerprint density at radius 1 is 1.23 bits per heavy atom. The second-order valence-corrected chi connectivity index (χ2v) is 7.95. The minimum absolute atomic E-state index is 0.0521. The van der Waals surface area contributed by atoms with E-state index < -0.39 is 0 Å². The van der Waals surface area contributed by atoms with Crippen LogP contribution in [0.2, 0.25) is 0 Å². The van der Waals surface area contributed by atoms with Gasteiger partial charge in [-0.05, 0) is 38.1 Å². The maximum atomic E-state index is 12.6. The lowest BCUT2D eigenvalue weighted by molar-refractivity contribution is 0.243. The smallest absolute Gasteiger partial charge is 0.255 e. The minimum Gasteiger partial charge on any atom is -0.399 e. The zero-order valence-electron chi connectivity index (χ0n) is 14.9. The fourth-order valence-corrected chi connectivity index (χ4v) is 4.30. The van der Waals surface area contributed by atoms with Gasteiger partial charge in [0, 0.05) is 42.2 Å². The molecule has 1 aliphatic rings. The number of H-pyrrole nitrogens is 1. The van der Waals surface area contributed by atoms with Gasteiger partial charge >= 0.3 is 0 Å². The second kappa shape index (κ2) is 6.66. The van der Waals surface area contributed by atoms with E-state index in [0.717, 1.165) is 47.0 Å². The van der Waals surface area contributed by atoms with Crippen molar-refractivity contribution in [1.29, 1.82) is 0 Å². The van der Waals surface area contributed by atoms with E-state index in [9.17, 15) is 4.79 Å². The van der Waals surface area contributed by atoms with Crippen LogP contribution in [-0.2, 0) is 19.5 Å². The maximum Gasteiger partial charge on any atom is 0.255 e. The Bertz CT molecular complexity index is 1010. The first-order valence-corrected chi connectivity index (χ1v) is 9.44. The van der Waals surface area contributed by atoms with Crippen LogP contribution in [0.3, 0.4) is 0 Å². The molecule has 0 saturated carbocycles. The lowest BCUT2D eigenvalue weighted by Crippen LogP contribution is -2.35. The minimum atomic E-state index is -0.0521. The summed E-state index contributed by atoms with van der Waals surface area (Å²) in [7, 11) is 0. The predicted octanol–water partition coefficient (Wildman–Crippen LogP) is 2.65. The lowest BCUT2D eigenvalue weighted by atomic mass is 10.1. The first kappa shape index (κ1) is 16.9. The Morgan fingerprint density at radius 3 is 2.69 bits per heavy atom. The molecule has 4 rings (SSSR count). The zero-order chi connectivity index (χ0) is 18.3. The number of thiazole rings is 1. The summed E-state index contributed by atoms with van der Waals surface area (Å²) in [6.07, 6.45) is 0.776. The van der Waals surface area contributed by atoms with Crippen LogP contribution in [0.5, 0.6) is 0 Å². The number of nitrogens with one attached hydrogen (secondary N) is 1. The maximum absolute atomic E-state index is 12.6. The number of hydrogen-bond acceptors (Lipinski definition) is 6. The van der Waals surface area contributed by atoms with Crippen LogP contribution in [0.1, 0.15) is 26.8 Å². The molecule has 0 fully saturated rings. The van der Waals surface area contributed by atoms with Gasteiger partial charge in [-0.25, -0.2) is 9.97 Å². The van der Waals surface area contributed by atoms with Gasteiger partial charge in [0.15, 0.2) is 0 Å². The summed E-state index contributed by atoms with van der Waals surface area (Å²) in [6.45, 7) is 6.41. The number of rotatable bonds is 3. The molecule has 2 aromatic heterocycles. The van der Waals surface area contributed by atoms with Crippen LogP contribution >= 0.6 is 11.3 Å². The molecule has 0 bridgehead atoms. The number of nitrogens with zero attached hydrogens (tertiary/aromatic N) is 3. The lowest BCUT2D eigenvalue weighted by Gasteiger charge is -2.27. The van der Waals surface area contributed by atoms with Crippen molar-refractivity contribution < 1.29 is 0 Å². The van der Waals surface area contributed by atoms with Gasteiger partial charge in [0.2, 0.25) is 0 Å². The van der Waals surface area contributed by atoms with Crippen molar-refractivity contribution in [2.45, 2.75) is 33.4 Å². The van der Waals surface area contributed by atoms with E-state index in [-0.39, 0.29) is 5.56 Å². The summed E-state index contributed by atoms with van der Waals surface area (Å²) in [6, 6.07) is 7.39. The van der Waals surface area contributed by atoms with Crippen LogP contribution in [-0.4, -0.2) is 26.4 Å². The number of nitrogens with two attached hydrogens (primary N) is 1. The molecule has 26 heavy (non-hydrogen) atoms. The number of aromatic amines is 1. The van der Waals surface area contributed by atoms with Crippen molar-refractivity contribution in [1.82, 2.24) is 19.9 Å². The number of hydrogen-bond donors (Lipinski definition) is 2. The number of aryl methyl sites for hydroxylation is 2. The van der Waals surface area contributed by atoms with Crippen molar-refractivity contribution >= 4 is 17.0 Å². The average molecular weight is 367 g/mol. The highest BCUT2D eigenvalue weighted by Crippen LogP contribution is 2.23. The van der Waals surface area contributed by atoms with Gasteiger partial charge in [-0.3, -0.25) is 9.69 Å². The quantitative estimate of drug-likeness (QED) is 0.695. The van der Waals surface area contributed by atoms with E-state index in [4.69, 9.17) is 10.7 Å². The summed E-state index contributed by atoms with van der Waals surface area (Å²) in [5.41, 5.74) is 10.0. The van der Waals surface area contributed by atoms with Crippen LogP contribution in [0, 0.1) is 13.8 Å². The summed E-state index contributed by atoms with van der Waals surface area (Å²) in [5.74, 6) is 0.608. The molecule has 0 spiro atoms. The SMILES string of the molecule is Cc1nc(C)c(CN2CCc3nc(-c4ccc(N)cc4)[nH]c(=O)c3C2)s1. The molecule has 3 heterocycles. The number of fused-ring (bicyclic) bond motifs is 1. The summed E-state index contributed by atoms with van der Waals surface area (Å²) < 4.78 is 0. The normalized spacial score (nSPS) is 14.4. The molecular formula is C19H21N5OS. The Balaban J connectivity index is 1.59. The molecule has 0 amide bonds. The van der Waals surface area contributed by atoms with E-state index in [1.807, 2.05) is 38.1 Å². The molecule has 3 aromatic rings. The molecule has 6 nitrogen and oxygen atoms in total. The van der Waals surface area contributed by atoms with Gasteiger partial charge in [-0.1, -0.05) is 0 Å². The Kier molecular flexibility index (Phi) is 4.34. The molecule has 1 aromatic carbocycles. The van der Waals surface area contributed by atoms with Crippen LogP contribution in [0.15, 0.2) is 29.1 Å². The van der Waals surface area contributed by atoms with E-state index in [1.165, 1.54) is 4.88 Å². The first-order chi connectivity index (χ1) is 12.5. The van der Waals surface area contributed by atoms with Crippen molar-refractivity contribution in [2.24, 2.45) is 0 Å². The molecule has 3 N–H and O–H groups in total.